The standard InChI is InChI=1S/C9H8BrNO5S/c1-17(15,16)9(10)8(12)6-3-2-4-7(5-6)11(13)14/h2-5,9H,1H3/t9-/m0/s1. The first-order valence-electron chi connectivity index (χ1n) is 4.35. The van der Waals surface area contributed by atoms with Gasteiger partial charge in [-0.3, -0.25) is 14.9 Å². The zero-order valence-electron chi connectivity index (χ0n) is 8.66. The second-order valence-electron chi connectivity index (χ2n) is 3.32. The number of rotatable bonds is 4. The monoisotopic (exact) mass is 321 g/mol. The van der Waals surface area contributed by atoms with Crippen LogP contribution in [0.25, 0.3) is 0 Å². The van der Waals surface area contributed by atoms with Crippen LogP contribution in [0.1, 0.15) is 10.4 Å². The molecule has 0 unspecified atom stereocenters. The van der Waals surface area contributed by atoms with E-state index in [0.29, 0.717) is 0 Å². The van der Waals surface area contributed by atoms with Gasteiger partial charge in [0, 0.05) is 24.0 Å². The molecule has 1 aromatic rings. The van der Waals surface area contributed by atoms with E-state index in [2.05, 4.69) is 15.9 Å². The van der Waals surface area contributed by atoms with E-state index < -0.39 is 24.7 Å². The van der Waals surface area contributed by atoms with Crippen LogP contribution >= 0.6 is 15.9 Å². The fourth-order valence-electron chi connectivity index (χ4n) is 1.10. The molecule has 6 nitrogen and oxygen atoms in total. The zero-order valence-corrected chi connectivity index (χ0v) is 11.1. The summed E-state index contributed by atoms with van der Waals surface area (Å²) in [5, 5.41) is 10.5. The van der Waals surface area contributed by atoms with Crippen molar-refractivity contribution >= 4 is 37.2 Å². The summed E-state index contributed by atoms with van der Waals surface area (Å²) in [5.74, 6) is -0.726. The maximum Gasteiger partial charge on any atom is 0.270 e. The third-order valence-electron chi connectivity index (χ3n) is 1.92. The molecule has 1 rings (SSSR count). The predicted molar refractivity (Wildman–Crippen MR) is 65.0 cm³/mol. The molecule has 0 amide bonds. The Morgan fingerprint density at radius 1 is 1.47 bits per heavy atom. The summed E-state index contributed by atoms with van der Waals surface area (Å²) in [6.45, 7) is 0. The number of carbonyl (C=O) groups is 1. The Morgan fingerprint density at radius 2 is 2.06 bits per heavy atom. The van der Waals surface area contributed by atoms with Gasteiger partial charge in [-0.25, -0.2) is 8.42 Å². The lowest BCUT2D eigenvalue weighted by Crippen LogP contribution is -2.23. The number of nitrogens with zero attached hydrogens (tertiary/aromatic N) is 1. The van der Waals surface area contributed by atoms with Gasteiger partial charge in [-0.2, -0.15) is 0 Å². The van der Waals surface area contributed by atoms with Crippen molar-refractivity contribution in [3.8, 4) is 0 Å². The highest BCUT2D eigenvalue weighted by atomic mass is 79.9. The Bertz CT molecular complexity index is 569. The average molecular weight is 322 g/mol. The summed E-state index contributed by atoms with van der Waals surface area (Å²) in [5.41, 5.74) is -0.282. The van der Waals surface area contributed by atoms with Gasteiger partial charge in [0.25, 0.3) is 5.69 Å². The highest BCUT2D eigenvalue weighted by molar-refractivity contribution is 9.11. The number of hydrogen-bond donors (Lipinski definition) is 0. The van der Waals surface area contributed by atoms with Gasteiger partial charge in [0.1, 0.15) is 0 Å². The van der Waals surface area contributed by atoms with Crippen LogP contribution in [0.4, 0.5) is 5.69 Å². The van der Waals surface area contributed by atoms with Crippen molar-refractivity contribution in [3.63, 3.8) is 0 Å². The molecule has 0 radical (unpaired) electrons. The van der Waals surface area contributed by atoms with E-state index in [9.17, 15) is 23.3 Å². The first-order chi connectivity index (χ1) is 7.73. The van der Waals surface area contributed by atoms with E-state index in [1.54, 1.807) is 0 Å². The van der Waals surface area contributed by atoms with Crippen LogP contribution in [-0.2, 0) is 9.84 Å². The molecular weight excluding hydrogens is 314 g/mol. The Kier molecular flexibility index (Phi) is 3.99. The van der Waals surface area contributed by atoms with Gasteiger partial charge in [0.2, 0.25) is 0 Å². The number of halogens is 1. The lowest BCUT2D eigenvalue weighted by atomic mass is 10.1. The van der Waals surface area contributed by atoms with E-state index in [1.807, 2.05) is 0 Å². The van der Waals surface area contributed by atoms with Gasteiger partial charge in [0.05, 0.1) is 4.92 Å². The van der Waals surface area contributed by atoms with Crippen molar-refractivity contribution in [1.82, 2.24) is 0 Å². The molecule has 0 saturated heterocycles. The second kappa shape index (κ2) is 4.92. The summed E-state index contributed by atoms with van der Waals surface area (Å²) in [6, 6.07) is 4.92. The van der Waals surface area contributed by atoms with Crippen LogP contribution in [0.2, 0.25) is 0 Å². The number of Topliss-reactive ketones (excluding diaryl/α,β-unsaturated/α-hetero) is 1. The molecule has 0 bridgehead atoms. The molecule has 1 aromatic carbocycles. The molecule has 8 heteroatoms. The average Bonchev–Trinajstić information content (AvgIpc) is 2.26. The number of carbonyl (C=O) groups excluding carboxylic acids is 1. The molecular formula is C9H8BrNO5S. The normalized spacial score (nSPS) is 13.1. The number of nitro benzene ring substituents is 1. The number of nitro groups is 1. The summed E-state index contributed by atoms with van der Waals surface area (Å²) in [7, 11) is -3.59. The fourth-order valence-corrected chi connectivity index (χ4v) is 1.89. The van der Waals surface area contributed by atoms with Crippen molar-refractivity contribution in [2.45, 2.75) is 4.16 Å². The van der Waals surface area contributed by atoms with Crippen LogP contribution in [0, 0.1) is 10.1 Å². The lowest BCUT2D eigenvalue weighted by Gasteiger charge is -2.06. The van der Waals surface area contributed by atoms with Gasteiger partial charge < -0.3 is 0 Å². The molecule has 0 fully saturated rings. The largest absolute Gasteiger partial charge is 0.292 e. The van der Waals surface area contributed by atoms with E-state index in [4.69, 9.17) is 0 Å². The van der Waals surface area contributed by atoms with Crippen LogP contribution < -0.4 is 0 Å². The lowest BCUT2D eigenvalue weighted by molar-refractivity contribution is -0.384. The van der Waals surface area contributed by atoms with Crippen LogP contribution in [0.15, 0.2) is 24.3 Å². The third kappa shape index (κ3) is 3.34. The minimum absolute atomic E-state index is 0.0218. The highest BCUT2D eigenvalue weighted by Crippen LogP contribution is 2.19. The van der Waals surface area contributed by atoms with Crippen molar-refractivity contribution in [1.29, 1.82) is 0 Å². The number of hydrogen-bond acceptors (Lipinski definition) is 5. The SMILES string of the molecule is CS(=O)(=O)[C@H](Br)C(=O)c1cccc([N+](=O)[O-])c1. The third-order valence-corrected chi connectivity index (χ3v) is 5.34. The number of benzene rings is 1. The first kappa shape index (κ1) is 13.8. The molecule has 0 spiro atoms. The number of non-ortho nitro benzene ring substituents is 1. The van der Waals surface area contributed by atoms with Gasteiger partial charge in [0.15, 0.2) is 19.8 Å². The smallest absolute Gasteiger partial charge is 0.270 e. The van der Waals surface area contributed by atoms with Crippen LogP contribution in [0.3, 0.4) is 0 Å². The molecule has 17 heavy (non-hydrogen) atoms. The van der Waals surface area contributed by atoms with Crippen molar-refractivity contribution in [2.75, 3.05) is 6.26 Å². The molecule has 92 valence electrons. The topological polar surface area (TPSA) is 94.3 Å². The molecule has 0 saturated carbocycles. The molecule has 0 heterocycles. The molecule has 0 N–H and O–H groups in total. The van der Waals surface area contributed by atoms with E-state index >= 15 is 0 Å². The molecule has 0 aliphatic heterocycles. The summed E-state index contributed by atoms with van der Waals surface area (Å²) in [4.78, 5) is 21.6. The Labute approximate surface area is 106 Å². The fraction of sp³-hybridized carbons (Fsp3) is 0.222. The maximum atomic E-state index is 11.7. The van der Waals surface area contributed by atoms with E-state index in [1.165, 1.54) is 18.2 Å². The molecule has 0 aromatic heterocycles. The van der Waals surface area contributed by atoms with Crippen molar-refractivity contribution < 1.29 is 18.1 Å². The Hall–Kier alpha value is -1.28. The maximum absolute atomic E-state index is 11.7. The number of ketones is 1. The van der Waals surface area contributed by atoms with Crippen molar-refractivity contribution in [2.24, 2.45) is 0 Å². The minimum Gasteiger partial charge on any atom is -0.292 e. The van der Waals surface area contributed by atoms with E-state index in [-0.39, 0.29) is 11.3 Å². The van der Waals surface area contributed by atoms with Gasteiger partial charge in [-0.15, -0.1) is 0 Å². The molecule has 1 atom stereocenters. The summed E-state index contributed by atoms with van der Waals surface area (Å²) in [6.07, 6.45) is 0.904. The van der Waals surface area contributed by atoms with Crippen molar-refractivity contribution in [3.05, 3.63) is 39.9 Å². The number of alkyl halides is 1. The van der Waals surface area contributed by atoms with Gasteiger partial charge in [-0.05, 0) is 0 Å². The summed E-state index contributed by atoms with van der Waals surface area (Å²) < 4.78 is 20.9. The second-order valence-corrected chi connectivity index (χ2v) is 6.97. The molecule has 0 aliphatic rings. The van der Waals surface area contributed by atoms with Crippen LogP contribution in [-0.4, -0.2) is 29.5 Å². The van der Waals surface area contributed by atoms with E-state index in [0.717, 1.165) is 12.3 Å². The zero-order chi connectivity index (χ0) is 13.2. The first-order valence-corrected chi connectivity index (χ1v) is 7.22. The summed E-state index contributed by atoms with van der Waals surface area (Å²) >= 11 is 2.75. The quantitative estimate of drug-likeness (QED) is 0.363. The highest BCUT2D eigenvalue weighted by Gasteiger charge is 2.27. The Morgan fingerprint density at radius 3 is 2.53 bits per heavy atom. The number of sulfone groups is 1. The molecule has 0 aliphatic carbocycles. The predicted octanol–water partition coefficient (Wildman–Crippen LogP) is 1.54. The van der Waals surface area contributed by atoms with Crippen LogP contribution in [0.5, 0.6) is 0 Å². The van der Waals surface area contributed by atoms with Gasteiger partial charge in [-0.1, -0.05) is 28.1 Å². The minimum atomic E-state index is -3.59. The Balaban J connectivity index is 3.14. The van der Waals surface area contributed by atoms with Gasteiger partial charge >= 0.3 is 0 Å².